The maximum absolute atomic E-state index is 13.1. The summed E-state index contributed by atoms with van der Waals surface area (Å²) in [6, 6.07) is 16.9. The van der Waals surface area contributed by atoms with Gasteiger partial charge in [0, 0.05) is 25.8 Å². The van der Waals surface area contributed by atoms with Crippen molar-refractivity contribution in [2.24, 2.45) is 0 Å². The minimum Gasteiger partial charge on any atom is -0.497 e. The van der Waals surface area contributed by atoms with Crippen molar-refractivity contribution in [2.45, 2.75) is 37.8 Å². The number of ether oxygens (including phenoxy) is 2. The fourth-order valence-electron chi connectivity index (χ4n) is 4.22. The number of benzene rings is 2. The van der Waals surface area contributed by atoms with Crippen molar-refractivity contribution in [3.05, 3.63) is 65.2 Å². The van der Waals surface area contributed by atoms with E-state index in [1.807, 2.05) is 17.0 Å². The van der Waals surface area contributed by atoms with Crippen molar-refractivity contribution in [3.8, 4) is 5.75 Å². The van der Waals surface area contributed by atoms with Gasteiger partial charge in [0.05, 0.1) is 13.2 Å². The summed E-state index contributed by atoms with van der Waals surface area (Å²) in [6.45, 7) is 2.16. The molecule has 0 bridgehead atoms. The van der Waals surface area contributed by atoms with Gasteiger partial charge in [-0.2, -0.15) is 0 Å². The van der Waals surface area contributed by atoms with Crippen molar-refractivity contribution in [2.75, 3.05) is 26.9 Å². The minimum atomic E-state index is 0.0249. The Hall–Kier alpha value is -2.53. The molecule has 2 amide bonds. The number of amides is 2. The van der Waals surface area contributed by atoms with Gasteiger partial charge < -0.3 is 19.7 Å². The molecule has 0 radical (unpaired) electrons. The van der Waals surface area contributed by atoms with E-state index in [-0.39, 0.29) is 18.1 Å². The van der Waals surface area contributed by atoms with Crippen LogP contribution in [0.5, 0.6) is 5.75 Å². The van der Waals surface area contributed by atoms with E-state index in [2.05, 4.69) is 41.7 Å². The Bertz CT molecular complexity index is 803. The number of nitrogens with zero attached hydrogens (tertiary/aromatic N) is 1. The molecule has 1 fully saturated rings. The van der Waals surface area contributed by atoms with Gasteiger partial charge in [0.25, 0.3) is 0 Å². The van der Waals surface area contributed by atoms with Gasteiger partial charge in [0.15, 0.2) is 0 Å². The molecule has 5 heteroatoms. The number of rotatable bonds is 4. The molecule has 4 rings (SSSR count). The Kier molecular flexibility index (Phi) is 5.81. The van der Waals surface area contributed by atoms with Crippen LogP contribution in [-0.4, -0.2) is 43.8 Å². The number of methoxy groups -OCH3 is 1. The predicted molar refractivity (Wildman–Crippen MR) is 109 cm³/mol. The van der Waals surface area contributed by atoms with Crippen molar-refractivity contribution in [1.29, 1.82) is 0 Å². The van der Waals surface area contributed by atoms with Crippen LogP contribution in [0.4, 0.5) is 4.79 Å². The van der Waals surface area contributed by atoms with Crippen LogP contribution in [0.1, 0.15) is 35.6 Å². The first-order valence-corrected chi connectivity index (χ1v) is 10.1. The van der Waals surface area contributed by atoms with Crippen LogP contribution in [0.3, 0.4) is 0 Å². The van der Waals surface area contributed by atoms with E-state index in [0.717, 1.165) is 44.6 Å². The van der Waals surface area contributed by atoms with Gasteiger partial charge in [-0.1, -0.05) is 36.4 Å². The van der Waals surface area contributed by atoms with Crippen molar-refractivity contribution in [3.63, 3.8) is 0 Å². The molecule has 2 aliphatic rings. The smallest absolute Gasteiger partial charge is 0.318 e. The fraction of sp³-hybridized carbons (Fsp3) is 0.435. The van der Waals surface area contributed by atoms with Crippen LogP contribution in [0, 0.1) is 0 Å². The number of nitrogens with one attached hydrogen (secondary N) is 1. The molecule has 0 aliphatic carbocycles. The quantitative estimate of drug-likeness (QED) is 0.879. The second-order valence-electron chi connectivity index (χ2n) is 7.55. The molecule has 2 aliphatic heterocycles. The molecule has 2 aromatic rings. The van der Waals surface area contributed by atoms with E-state index < -0.39 is 0 Å². The number of hydrogen-bond acceptors (Lipinski definition) is 3. The molecular weight excluding hydrogens is 352 g/mol. The summed E-state index contributed by atoms with van der Waals surface area (Å²) in [6.07, 6.45) is 3.42. The summed E-state index contributed by atoms with van der Waals surface area (Å²) in [5, 5.41) is 3.24. The van der Waals surface area contributed by atoms with Gasteiger partial charge in [-0.25, -0.2) is 4.79 Å². The monoisotopic (exact) mass is 380 g/mol. The summed E-state index contributed by atoms with van der Waals surface area (Å²) < 4.78 is 10.8. The van der Waals surface area contributed by atoms with E-state index in [0.29, 0.717) is 6.54 Å². The topological polar surface area (TPSA) is 50.8 Å². The van der Waals surface area contributed by atoms with Crippen molar-refractivity contribution in [1.82, 2.24) is 10.2 Å². The predicted octanol–water partition coefficient (Wildman–Crippen LogP) is 3.73. The van der Waals surface area contributed by atoms with E-state index in [1.54, 1.807) is 7.11 Å². The highest BCUT2D eigenvalue weighted by Gasteiger charge is 2.32. The first-order valence-electron chi connectivity index (χ1n) is 10.1. The van der Waals surface area contributed by atoms with Crippen LogP contribution in [0.25, 0.3) is 0 Å². The minimum absolute atomic E-state index is 0.0249. The maximum atomic E-state index is 13.1. The SMILES string of the molecule is COc1ccc2c(c1)CCN(C(=O)NC1CCOCC1)C2Cc1ccccc1. The average molecular weight is 380 g/mol. The highest BCUT2D eigenvalue weighted by Crippen LogP contribution is 2.34. The number of carbonyl (C=O) groups is 1. The first kappa shape index (κ1) is 18.8. The van der Waals surface area contributed by atoms with Crippen LogP contribution in [0.2, 0.25) is 0 Å². The van der Waals surface area contributed by atoms with Gasteiger partial charge in [0.1, 0.15) is 5.75 Å². The van der Waals surface area contributed by atoms with Crippen molar-refractivity contribution < 1.29 is 14.3 Å². The first-order chi connectivity index (χ1) is 13.7. The summed E-state index contributed by atoms with van der Waals surface area (Å²) in [5.41, 5.74) is 3.73. The van der Waals surface area contributed by atoms with Gasteiger partial charge in [-0.05, 0) is 54.5 Å². The van der Waals surface area contributed by atoms with E-state index >= 15 is 0 Å². The zero-order chi connectivity index (χ0) is 19.3. The van der Waals surface area contributed by atoms with E-state index in [1.165, 1.54) is 16.7 Å². The lowest BCUT2D eigenvalue weighted by molar-refractivity contribution is 0.0766. The summed E-state index contributed by atoms with van der Waals surface area (Å²) in [4.78, 5) is 15.2. The Labute approximate surface area is 166 Å². The van der Waals surface area contributed by atoms with E-state index in [9.17, 15) is 4.79 Å². The molecule has 1 N–H and O–H groups in total. The lowest BCUT2D eigenvalue weighted by Crippen LogP contribution is -2.50. The second kappa shape index (κ2) is 8.65. The molecule has 0 aromatic heterocycles. The van der Waals surface area contributed by atoms with Gasteiger partial charge in [0.2, 0.25) is 0 Å². The molecular formula is C23H28N2O3. The van der Waals surface area contributed by atoms with Crippen molar-refractivity contribution >= 4 is 6.03 Å². The number of urea groups is 1. The second-order valence-corrected chi connectivity index (χ2v) is 7.55. The van der Waals surface area contributed by atoms with Crippen LogP contribution in [0.15, 0.2) is 48.5 Å². The molecule has 1 unspecified atom stereocenters. The lowest BCUT2D eigenvalue weighted by Gasteiger charge is -2.39. The normalized spacial score (nSPS) is 19.8. The van der Waals surface area contributed by atoms with Gasteiger partial charge in [-0.15, -0.1) is 0 Å². The molecule has 0 spiro atoms. The molecule has 5 nitrogen and oxygen atoms in total. The third-order valence-electron chi connectivity index (χ3n) is 5.79. The summed E-state index contributed by atoms with van der Waals surface area (Å²) in [7, 11) is 1.69. The van der Waals surface area contributed by atoms with E-state index in [4.69, 9.17) is 9.47 Å². The summed E-state index contributed by atoms with van der Waals surface area (Å²) >= 11 is 0. The number of fused-ring (bicyclic) bond motifs is 1. The zero-order valence-corrected chi connectivity index (χ0v) is 16.4. The molecule has 0 saturated carbocycles. The molecule has 148 valence electrons. The highest BCUT2D eigenvalue weighted by molar-refractivity contribution is 5.75. The Balaban J connectivity index is 1.59. The number of hydrogen-bond donors (Lipinski definition) is 1. The molecule has 1 saturated heterocycles. The summed E-state index contributed by atoms with van der Waals surface area (Å²) in [5.74, 6) is 0.873. The molecule has 1 atom stereocenters. The Morgan fingerprint density at radius 2 is 1.96 bits per heavy atom. The third kappa shape index (κ3) is 4.14. The number of carbonyl (C=O) groups excluding carboxylic acids is 1. The third-order valence-corrected chi connectivity index (χ3v) is 5.79. The van der Waals surface area contributed by atoms with Gasteiger partial charge in [-0.3, -0.25) is 0 Å². The highest BCUT2D eigenvalue weighted by atomic mass is 16.5. The average Bonchev–Trinajstić information content (AvgIpc) is 2.75. The molecule has 2 aromatic carbocycles. The zero-order valence-electron chi connectivity index (χ0n) is 16.4. The van der Waals surface area contributed by atoms with Crippen LogP contribution < -0.4 is 10.1 Å². The van der Waals surface area contributed by atoms with Crippen LogP contribution >= 0.6 is 0 Å². The Morgan fingerprint density at radius 3 is 2.71 bits per heavy atom. The maximum Gasteiger partial charge on any atom is 0.318 e. The Morgan fingerprint density at radius 1 is 1.18 bits per heavy atom. The van der Waals surface area contributed by atoms with Crippen LogP contribution in [-0.2, 0) is 17.6 Å². The molecule has 2 heterocycles. The largest absolute Gasteiger partial charge is 0.497 e. The molecule has 28 heavy (non-hydrogen) atoms. The standard InChI is InChI=1S/C23H28N2O3/c1-27-20-7-8-21-18(16-20)9-12-25(22(21)15-17-5-3-2-4-6-17)23(26)24-19-10-13-28-14-11-19/h2-8,16,19,22H,9-15H2,1H3,(H,24,26). The fourth-order valence-corrected chi connectivity index (χ4v) is 4.22. The lowest BCUT2D eigenvalue weighted by atomic mass is 9.88. The van der Waals surface area contributed by atoms with Gasteiger partial charge >= 0.3 is 6.03 Å².